The molecule has 0 N–H and O–H groups in total. The second-order valence-corrected chi connectivity index (χ2v) is 7.04. The predicted molar refractivity (Wildman–Crippen MR) is 95.8 cm³/mol. The summed E-state index contributed by atoms with van der Waals surface area (Å²) >= 11 is 1.78. The lowest BCUT2D eigenvalue weighted by Gasteiger charge is -2.34. The van der Waals surface area contributed by atoms with Gasteiger partial charge in [-0.25, -0.2) is 4.98 Å². The van der Waals surface area contributed by atoms with E-state index in [4.69, 9.17) is 4.98 Å². The van der Waals surface area contributed by atoms with Crippen molar-refractivity contribution in [2.45, 2.75) is 40.2 Å². The number of rotatable bonds is 8. The first-order valence-corrected chi connectivity index (χ1v) is 9.69. The van der Waals surface area contributed by atoms with Crippen molar-refractivity contribution in [3.8, 4) is 0 Å². The SMILES string of the molecule is CCCc1nc(CN2CCN(CC(=O)N(CC)CC)CC2)cs1. The standard InChI is InChI=1S/C17H30N4OS/c1-4-7-16-18-15(14-23-16)12-19-8-10-20(11-9-19)13-17(22)21(5-2)6-3/h14H,4-13H2,1-3H3. The summed E-state index contributed by atoms with van der Waals surface area (Å²) in [5.74, 6) is 0.257. The molecule has 1 fully saturated rings. The number of carbonyl (C=O) groups is 1. The van der Waals surface area contributed by atoms with Crippen molar-refractivity contribution in [1.29, 1.82) is 0 Å². The molecule has 0 aliphatic carbocycles. The van der Waals surface area contributed by atoms with E-state index in [1.807, 2.05) is 18.7 Å². The van der Waals surface area contributed by atoms with Gasteiger partial charge < -0.3 is 4.90 Å². The maximum atomic E-state index is 12.2. The summed E-state index contributed by atoms with van der Waals surface area (Å²) in [6.45, 7) is 13.4. The van der Waals surface area contributed by atoms with Crippen LogP contribution in [0.15, 0.2) is 5.38 Å². The van der Waals surface area contributed by atoms with Crippen LogP contribution in [-0.4, -0.2) is 71.4 Å². The summed E-state index contributed by atoms with van der Waals surface area (Å²) < 4.78 is 0. The number of hydrogen-bond donors (Lipinski definition) is 0. The molecule has 0 unspecified atom stereocenters. The predicted octanol–water partition coefficient (Wildman–Crippen LogP) is 2.08. The molecular weight excluding hydrogens is 308 g/mol. The number of aromatic nitrogens is 1. The Morgan fingerprint density at radius 2 is 1.83 bits per heavy atom. The maximum absolute atomic E-state index is 12.2. The second-order valence-electron chi connectivity index (χ2n) is 6.10. The van der Waals surface area contributed by atoms with Gasteiger partial charge in [-0.2, -0.15) is 0 Å². The molecule has 6 heteroatoms. The smallest absolute Gasteiger partial charge is 0.236 e. The molecule has 130 valence electrons. The lowest BCUT2D eigenvalue weighted by Crippen LogP contribution is -2.49. The van der Waals surface area contributed by atoms with E-state index in [0.717, 1.165) is 58.7 Å². The van der Waals surface area contributed by atoms with Crippen molar-refractivity contribution >= 4 is 17.2 Å². The number of nitrogens with zero attached hydrogens (tertiary/aromatic N) is 4. The van der Waals surface area contributed by atoms with Crippen molar-refractivity contribution in [3.05, 3.63) is 16.1 Å². The first kappa shape index (κ1) is 18.4. The highest BCUT2D eigenvalue weighted by molar-refractivity contribution is 7.09. The molecule has 5 nitrogen and oxygen atoms in total. The van der Waals surface area contributed by atoms with E-state index in [1.54, 1.807) is 11.3 Å². The summed E-state index contributed by atoms with van der Waals surface area (Å²) in [7, 11) is 0. The molecule has 0 radical (unpaired) electrons. The number of thiazole rings is 1. The van der Waals surface area contributed by atoms with Gasteiger partial charge in [0.25, 0.3) is 0 Å². The van der Waals surface area contributed by atoms with Crippen molar-refractivity contribution in [2.75, 3.05) is 45.8 Å². The van der Waals surface area contributed by atoms with Gasteiger partial charge in [-0.05, 0) is 26.7 Å². The zero-order valence-electron chi connectivity index (χ0n) is 14.8. The van der Waals surface area contributed by atoms with Gasteiger partial charge in [0, 0.05) is 51.2 Å². The third-order valence-corrected chi connectivity index (χ3v) is 5.35. The molecule has 0 bridgehead atoms. The number of likely N-dealkylation sites (N-methyl/N-ethyl adjacent to an activating group) is 1. The van der Waals surface area contributed by atoms with Crippen LogP contribution in [0.2, 0.25) is 0 Å². The summed E-state index contributed by atoms with van der Waals surface area (Å²) in [5.41, 5.74) is 1.20. The van der Waals surface area contributed by atoms with Crippen LogP contribution in [0.5, 0.6) is 0 Å². The Hall–Kier alpha value is -0.980. The van der Waals surface area contributed by atoms with Crippen LogP contribution >= 0.6 is 11.3 Å². The molecule has 2 heterocycles. The van der Waals surface area contributed by atoms with E-state index in [-0.39, 0.29) is 5.91 Å². The Labute approximate surface area is 144 Å². The number of hydrogen-bond acceptors (Lipinski definition) is 5. The fraction of sp³-hybridized carbons (Fsp3) is 0.765. The largest absolute Gasteiger partial charge is 0.342 e. The van der Waals surface area contributed by atoms with Gasteiger partial charge in [-0.1, -0.05) is 6.92 Å². The van der Waals surface area contributed by atoms with E-state index in [1.165, 1.54) is 10.7 Å². The first-order chi connectivity index (χ1) is 11.2. The topological polar surface area (TPSA) is 39.7 Å². The van der Waals surface area contributed by atoms with E-state index >= 15 is 0 Å². The van der Waals surface area contributed by atoms with Gasteiger partial charge in [0.05, 0.1) is 17.2 Å². The number of aryl methyl sites for hydroxylation is 1. The van der Waals surface area contributed by atoms with Gasteiger partial charge in [0.2, 0.25) is 5.91 Å². The van der Waals surface area contributed by atoms with Gasteiger partial charge in [-0.3, -0.25) is 14.6 Å². The van der Waals surface area contributed by atoms with Crippen LogP contribution in [0.4, 0.5) is 0 Å². The van der Waals surface area contributed by atoms with Gasteiger partial charge in [0.1, 0.15) is 0 Å². The second kappa shape index (κ2) is 9.35. The fourth-order valence-electron chi connectivity index (χ4n) is 2.95. The van der Waals surface area contributed by atoms with Crippen LogP contribution in [0.3, 0.4) is 0 Å². The van der Waals surface area contributed by atoms with Crippen molar-refractivity contribution in [3.63, 3.8) is 0 Å². The highest BCUT2D eigenvalue weighted by Crippen LogP contribution is 2.14. The molecule has 0 saturated carbocycles. The lowest BCUT2D eigenvalue weighted by molar-refractivity contribution is -0.132. The summed E-state index contributed by atoms with van der Waals surface area (Å²) in [4.78, 5) is 23.5. The molecule has 1 aromatic heterocycles. The first-order valence-electron chi connectivity index (χ1n) is 8.82. The van der Waals surface area contributed by atoms with Crippen molar-refractivity contribution in [1.82, 2.24) is 19.7 Å². The van der Waals surface area contributed by atoms with E-state index in [0.29, 0.717) is 6.54 Å². The molecule has 0 spiro atoms. The number of piperazine rings is 1. The zero-order valence-corrected chi connectivity index (χ0v) is 15.6. The zero-order chi connectivity index (χ0) is 16.7. The fourth-order valence-corrected chi connectivity index (χ4v) is 3.84. The van der Waals surface area contributed by atoms with E-state index in [2.05, 4.69) is 22.1 Å². The summed E-state index contributed by atoms with van der Waals surface area (Å²) in [6, 6.07) is 0. The third kappa shape index (κ3) is 5.55. The Balaban J connectivity index is 1.74. The molecule has 23 heavy (non-hydrogen) atoms. The molecule has 1 aliphatic heterocycles. The molecule has 0 atom stereocenters. The average Bonchev–Trinajstić information content (AvgIpc) is 2.98. The molecule has 1 saturated heterocycles. The number of carbonyl (C=O) groups excluding carboxylic acids is 1. The Morgan fingerprint density at radius 3 is 2.43 bits per heavy atom. The highest BCUT2D eigenvalue weighted by atomic mass is 32.1. The maximum Gasteiger partial charge on any atom is 0.236 e. The Bertz CT molecular complexity index is 479. The van der Waals surface area contributed by atoms with Crippen molar-refractivity contribution in [2.24, 2.45) is 0 Å². The summed E-state index contributed by atoms with van der Waals surface area (Å²) in [5, 5.41) is 3.45. The highest BCUT2D eigenvalue weighted by Gasteiger charge is 2.21. The van der Waals surface area contributed by atoms with Crippen LogP contribution in [0.1, 0.15) is 37.9 Å². The molecule has 0 aromatic carbocycles. The van der Waals surface area contributed by atoms with Crippen LogP contribution in [0, 0.1) is 0 Å². The Morgan fingerprint density at radius 1 is 1.17 bits per heavy atom. The van der Waals surface area contributed by atoms with Gasteiger partial charge in [0.15, 0.2) is 0 Å². The van der Waals surface area contributed by atoms with Crippen LogP contribution in [0.25, 0.3) is 0 Å². The molecule has 1 amide bonds. The molecule has 2 rings (SSSR count). The minimum atomic E-state index is 0.257. The van der Waals surface area contributed by atoms with Crippen molar-refractivity contribution < 1.29 is 4.79 Å². The quantitative estimate of drug-likeness (QED) is 0.728. The van der Waals surface area contributed by atoms with Crippen LogP contribution in [-0.2, 0) is 17.8 Å². The lowest BCUT2D eigenvalue weighted by atomic mass is 10.3. The van der Waals surface area contributed by atoms with E-state index < -0.39 is 0 Å². The normalized spacial score (nSPS) is 16.7. The van der Waals surface area contributed by atoms with Crippen LogP contribution < -0.4 is 0 Å². The number of amides is 1. The molecular formula is C17H30N4OS. The summed E-state index contributed by atoms with van der Waals surface area (Å²) in [6.07, 6.45) is 2.25. The molecule has 1 aliphatic rings. The minimum absolute atomic E-state index is 0.257. The Kier molecular flexibility index (Phi) is 7.46. The average molecular weight is 339 g/mol. The monoisotopic (exact) mass is 338 g/mol. The van der Waals surface area contributed by atoms with Gasteiger partial charge in [-0.15, -0.1) is 11.3 Å². The van der Waals surface area contributed by atoms with Gasteiger partial charge >= 0.3 is 0 Å². The van der Waals surface area contributed by atoms with E-state index in [9.17, 15) is 4.79 Å². The molecule has 1 aromatic rings. The third-order valence-electron chi connectivity index (χ3n) is 4.39. The minimum Gasteiger partial charge on any atom is -0.342 e.